The molecule has 0 saturated carbocycles. The van der Waals surface area contributed by atoms with Gasteiger partial charge in [-0.2, -0.15) is 0 Å². The van der Waals surface area contributed by atoms with Crippen molar-refractivity contribution >= 4 is 5.91 Å². The second kappa shape index (κ2) is 6.25. The second-order valence-corrected chi connectivity index (χ2v) is 6.62. The van der Waals surface area contributed by atoms with Gasteiger partial charge in [-0.25, -0.2) is 0 Å². The Balaban J connectivity index is 1.85. The molecule has 2 rings (SSSR count). The van der Waals surface area contributed by atoms with E-state index >= 15 is 0 Å². The average Bonchev–Trinajstić information content (AvgIpc) is 2.47. The zero-order valence-corrected chi connectivity index (χ0v) is 12.9. The molecule has 0 aromatic heterocycles. The molecule has 0 aromatic rings. The van der Waals surface area contributed by atoms with Gasteiger partial charge in [0.15, 0.2) is 0 Å². The molecular weight excluding hydrogens is 236 g/mol. The number of rotatable bonds is 3. The number of carbonyl (C=O) groups excluding carboxylic acids is 1. The molecular formula is C16H30N2O. The third-order valence-electron chi connectivity index (χ3n) is 5.65. The van der Waals surface area contributed by atoms with Crippen LogP contribution in [-0.2, 0) is 4.79 Å². The Morgan fingerprint density at radius 3 is 2.32 bits per heavy atom. The van der Waals surface area contributed by atoms with Crippen LogP contribution in [0.2, 0.25) is 0 Å². The van der Waals surface area contributed by atoms with Gasteiger partial charge in [-0.1, -0.05) is 26.7 Å². The second-order valence-electron chi connectivity index (χ2n) is 6.62. The first-order valence-corrected chi connectivity index (χ1v) is 8.12. The first-order chi connectivity index (χ1) is 9.10. The smallest absolute Gasteiger partial charge is 0.226 e. The lowest BCUT2D eigenvalue weighted by molar-refractivity contribution is -0.138. The molecule has 2 unspecified atom stereocenters. The summed E-state index contributed by atoms with van der Waals surface area (Å²) >= 11 is 0. The Labute approximate surface area is 118 Å². The van der Waals surface area contributed by atoms with Crippen LogP contribution in [0.4, 0.5) is 0 Å². The summed E-state index contributed by atoms with van der Waals surface area (Å²) in [6.07, 6.45) is 7.11. The van der Waals surface area contributed by atoms with Crippen LogP contribution in [0, 0.1) is 11.3 Å². The van der Waals surface area contributed by atoms with Crippen LogP contribution < -0.4 is 5.32 Å². The van der Waals surface area contributed by atoms with Crippen molar-refractivity contribution < 1.29 is 4.79 Å². The Morgan fingerprint density at radius 1 is 1.21 bits per heavy atom. The summed E-state index contributed by atoms with van der Waals surface area (Å²) in [6.45, 7) is 9.64. The molecule has 1 N–H and O–H groups in total. The molecule has 2 atom stereocenters. The van der Waals surface area contributed by atoms with Crippen molar-refractivity contribution in [3.8, 4) is 0 Å². The van der Waals surface area contributed by atoms with Gasteiger partial charge in [-0.3, -0.25) is 4.79 Å². The van der Waals surface area contributed by atoms with Crippen molar-refractivity contribution in [3.05, 3.63) is 0 Å². The molecule has 0 bridgehead atoms. The SMILES string of the molecule is CCC1(CC)CCN(C(=O)C2CCC(C)NC2)CC1. The lowest BCUT2D eigenvalue weighted by atomic mass is 9.74. The zero-order chi connectivity index (χ0) is 13.9. The monoisotopic (exact) mass is 266 g/mol. The molecule has 3 nitrogen and oxygen atoms in total. The van der Waals surface area contributed by atoms with Crippen molar-refractivity contribution in [3.63, 3.8) is 0 Å². The van der Waals surface area contributed by atoms with E-state index < -0.39 is 0 Å². The molecule has 2 saturated heterocycles. The van der Waals surface area contributed by atoms with Gasteiger partial charge in [0, 0.05) is 25.7 Å². The zero-order valence-electron chi connectivity index (χ0n) is 12.9. The highest BCUT2D eigenvalue weighted by Crippen LogP contribution is 2.38. The number of piperidine rings is 2. The van der Waals surface area contributed by atoms with Crippen molar-refractivity contribution in [1.29, 1.82) is 0 Å². The highest BCUT2D eigenvalue weighted by atomic mass is 16.2. The van der Waals surface area contributed by atoms with Crippen LogP contribution in [0.5, 0.6) is 0 Å². The fourth-order valence-corrected chi connectivity index (χ4v) is 3.63. The van der Waals surface area contributed by atoms with Gasteiger partial charge in [0.1, 0.15) is 0 Å². The number of likely N-dealkylation sites (tertiary alicyclic amines) is 1. The normalized spacial score (nSPS) is 31.2. The maximum Gasteiger partial charge on any atom is 0.226 e. The molecule has 0 radical (unpaired) electrons. The lowest BCUT2D eigenvalue weighted by Gasteiger charge is -2.42. The fourth-order valence-electron chi connectivity index (χ4n) is 3.63. The number of nitrogens with one attached hydrogen (secondary N) is 1. The molecule has 1 amide bonds. The summed E-state index contributed by atoms with van der Waals surface area (Å²) < 4.78 is 0. The summed E-state index contributed by atoms with van der Waals surface area (Å²) in [5.41, 5.74) is 0.510. The number of nitrogens with zero attached hydrogens (tertiary/aromatic N) is 1. The highest BCUT2D eigenvalue weighted by molar-refractivity contribution is 5.79. The first-order valence-electron chi connectivity index (χ1n) is 8.12. The molecule has 2 heterocycles. The summed E-state index contributed by atoms with van der Waals surface area (Å²) in [6, 6.07) is 0.582. The first kappa shape index (κ1) is 14.8. The molecule has 2 fully saturated rings. The minimum Gasteiger partial charge on any atom is -0.342 e. The van der Waals surface area contributed by atoms with Gasteiger partial charge in [-0.15, -0.1) is 0 Å². The van der Waals surface area contributed by atoms with E-state index in [1.165, 1.54) is 25.7 Å². The van der Waals surface area contributed by atoms with Gasteiger partial charge >= 0.3 is 0 Å². The fraction of sp³-hybridized carbons (Fsp3) is 0.938. The van der Waals surface area contributed by atoms with E-state index in [1.54, 1.807) is 0 Å². The molecule has 19 heavy (non-hydrogen) atoms. The molecule has 0 spiro atoms. The van der Waals surface area contributed by atoms with E-state index in [9.17, 15) is 4.79 Å². The Hall–Kier alpha value is -0.570. The van der Waals surface area contributed by atoms with Gasteiger partial charge in [-0.05, 0) is 38.0 Å². The number of amides is 1. The van der Waals surface area contributed by atoms with E-state index in [-0.39, 0.29) is 5.92 Å². The molecule has 110 valence electrons. The van der Waals surface area contributed by atoms with E-state index in [0.717, 1.165) is 32.5 Å². The predicted molar refractivity (Wildman–Crippen MR) is 79.0 cm³/mol. The van der Waals surface area contributed by atoms with Crippen LogP contribution >= 0.6 is 0 Å². The van der Waals surface area contributed by atoms with Crippen molar-refractivity contribution in [2.24, 2.45) is 11.3 Å². The van der Waals surface area contributed by atoms with E-state index in [0.29, 0.717) is 17.4 Å². The Bertz CT molecular complexity index is 294. The molecule has 2 aliphatic rings. The lowest BCUT2D eigenvalue weighted by Crippen LogP contribution is -2.49. The van der Waals surface area contributed by atoms with Gasteiger partial charge in [0.05, 0.1) is 5.92 Å². The average molecular weight is 266 g/mol. The van der Waals surface area contributed by atoms with Gasteiger partial charge in [0.25, 0.3) is 0 Å². The summed E-state index contributed by atoms with van der Waals surface area (Å²) in [7, 11) is 0. The van der Waals surface area contributed by atoms with Gasteiger partial charge in [0.2, 0.25) is 5.91 Å². The minimum atomic E-state index is 0.229. The summed E-state index contributed by atoms with van der Waals surface area (Å²) in [4.78, 5) is 14.7. The van der Waals surface area contributed by atoms with Crippen LogP contribution in [0.25, 0.3) is 0 Å². The Kier molecular flexibility index (Phi) is 4.88. The maximum atomic E-state index is 12.5. The van der Waals surface area contributed by atoms with Crippen LogP contribution in [0.1, 0.15) is 59.3 Å². The summed E-state index contributed by atoms with van der Waals surface area (Å²) in [5, 5.41) is 3.44. The number of hydrogen-bond acceptors (Lipinski definition) is 2. The van der Waals surface area contributed by atoms with Crippen LogP contribution in [0.3, 0.4) is 0 Å². The molecule has 2 aliphatic heterocycles. The third-order valence-corrected chi connectivity index (χ3v) is 5.65. The maximum absolute atomic E-state index is 12.5. The summed E-state index contributed by atoms with van der Waals surface area (Å²) in [5.74, 6) is 0.632. The third kappa shape index (κ3) is 3.31. The van der Waals surface area contributed by atoms with Crippen molar-refractivity contribution in [2.45, 2.75) is 65.3 Å². The molecule has 0 aromatic carbocycles. The van der Waals surface area contributed by atoms with Crippen molar-refractivity contribution in [1.82, 2.24) is 10.2 Å². The standard InChI is InChI=1S/C16H30N2O/c1-4-16(5-2)8-10-18(11-9-16)15(19)14-7-6-13(3)17-12-14/h13-14,17H,4-12H2,1-3H3. The minimum absolute atomic E-state index is 0.229. The predicted octanol–water partition coefficient (Wildman–Crippen LogP) is 2.80. The molecule has 0 aliphatic carbocycles. The van der Waals surface area contributed by atoms with Crippen LogP contribution in [-0.4, -0.2) is 36.5 Å². The quantitative estimate of drug-likeness (QED) is 0.852. The van der Waals surface area contributed by atoms with E-state index in [4.69, 9.17) is 0 Å². The number of hydrogen-bond donors (Lipinski definition) is 1. The largest absolute Gasteiger partial charge is 0.342 e. The van der Waals surface area contributed by atoms with Crippen LogP contribution in [0.15, 0.2) is 0 Å². The highest BCUT2D eigenvalue weighted by Gasteiger charge is 2.35. The Morgan fingerprint density at radius 2 is 1.84 bits per heavy atom. The van der Waals surface area contributed by atoms with Crippen molar-refractivity contribution in [2.75, 3.05) is 19.6 Å². The van der Waals surface area contributed by atoms with Gasteiger partial charge < -0.3 is 10.2 Å². The van der Waals surface area contributed by atoms with E-state index in [2.05, 4.69) is 31.0 Å². The topological polar surface area (TPSA) is 32.3 Å². The molecule has 3 heteroatoms. The number of carbonyl (C=O) groups is 1. The van der Waals surface area contributed by atoms with E-state index in [1.807, 2.05) is 0 Å².